The first-order valence-electron chi connectivity index (χ1n) is 4.01. The summed E-state index contributed by atoms with van der Waals surface area (Å²) in [7, 11) is 1.88. The third kappa shape index (κ3) is 1.87. The van der Waals surface area contributed by atoms with Crippen molar-refractivity contribution in [2.45, 2.75) is 6.54 Å². The summed E-state index contributed by atoms with van der Waals surface area (Å²) in [6.45, 7) is 0.743. The van der Waals surface area contributed by atoms with Crippen LogP contribution in [0.25, 0.3) is 10.6 Å². The second-order valence-electron chi connectivity index (χ2n) is 2.64. The Morgan fingerprint density at radius 2 is 2.43 bits per heavy atom. The van der Waals surface area contributed by atoms with Crippen molar-refractivity contribution in [3.63, 3.8) is 0 Å². The molecule has 4 nitrogen and oxygen atoms in total. The van der Waals surface area contributed by atoms with Crippen LogP contribution >= 0.6 is 27.3 Å². The van der Waals surface area contributed by atoms with Gasteiger partial charge >= 0.3 is 0 Å². The van der Waals surface area contributed by atoms with Crippen molar-refractivity contribution < 1.29 is 4.42 Å². The number of furan rings is 1. The number of hydrogen-bond donors (Lipinski definition) is 1. The zero-order valence-electron chi connectivity index (χ0n) is 7.45. The first kappa shape index (κ1) is 9.82. The van der Waals surface area contributed by atoms with Crippen LogP contribution in [0, 0.1) is 0 Å². The number of nitrogens with zero attached hydrogens (tertiary/aromatic N) is 2. The Kier molecular flexibility index (Phi) is 2.95. The molecule has 0 aromatic carbocycles. The van der Waals surface area contributed by atoms with Crippen molar-refractivity contribution in [3.8, 4) is 10.6 Å². The lowest BCUT2D eigenvalue weighted by molar-refractivity contribution is 0.542. The minimum absolute atomic E-state index is 0.699. The zero-order chi connectivity index (χ0) is 9.97. The van der Waals surface area contributed by atoms with Crippen LogP contribution in [-0.4, -0.2) is 17.2 Å². The van der Waals surface area contributed by atoms with Gasteiger partial charge in [-0.15, -0.1) is 10.2 Å². The fourth-order valence-electron chi connectivity index (χ4n) is 1.03. The predicted octanol–water partition coefficient (Wildman–Crippen LogP) is 2.28. The molecule has 2 aromatic rings. The van der Waals surface area contributed by atoms with Gasteiger partial charge in [0, 0.05) is 6.54 Å². The van der Waals surface area contributed by atoms with Gasteiger partial charge in [0.2, 0.25) is 0 Å². The first-order valence-corrected chi connectivity index (χ1v) is 5.62. The topological polar surface area (TPSA) is 51.0 Å². The highest BCUT2D eigenvalue weighted by molar-refractivity contribution is 9.10. The number of nitrogens with one attached hydrogen (secondary N) is 1. The van der Waals surface area contributed by atoms with Gasteiger partial charge in [-0.1, -0.05) is 11.3 Å². The molecular weight excluding hydrogens is 266 g/mol. The standard InChI is InChI=1S/C8H8BrN3OS/c1-10-4-6-11-12-8(14-6)5-2-3-13-7(5)9/h2-3,10H,4H2,1H3. The second-order valence-corrected chi connectivity index (χ2v) is 4.42. The summed E-state index contributed by atoms with van der Waals surface area (Å²) >= 11 is 4.86. The Morgan fingerprint density at radius 1 is 1.57 bits per heavy atom. The van der Waals surface area contributed by atoms with Crippen LogP contribution in [0.3, 0.4) is 0 Å². The fraction of sp³-hybridized carbons (Fsp3) is 0.250. The number of aromatic nitrogens is 2. The number of hydrogen-bond acceptors (Lipinski definition) is 5. The van der Waals surface area contributed by atoms with E-state index in [2.05, 4.69) is 31.4 Å². The van der Waals surface area contributed by atoms with Crippen molar-refractivity contribution in [1.82, 2.24) is 15.5 Å². The largest absolute Gasteiger partial charge is 0.457 e. The van der Waals surface area contributed by atoms with E-state index in [-0.39, 0.29) is 0 Å². The summed E-state index contributed by atoms with van der Waals surface area (Å²) < 4.78 is 5.83. The summed E-state index contributed by atoms with van der Waals surface area (Å²) in [5, 5.41) is 13.0. The lowest BCUT2D eigenvalue weighted by atomic mass is 10.4. The van der Waals surface area contributed by atoms with E-state index < -0.39 is 0 Å². The molecule has 0 fully saturated rings. The molecule has 1 N–H and O–H groups in total. The van der Waals surface area contributed by atoms with Crippen molar-refractivity contribution in [3.05, 3.63) is 22.0 Å². The quantitative estimate of drug-likeness (QED) is 0.932. The van der Waals surface area contributed by atoms with Crippen LogP contribution in [-0.2, 0) is 6.54 Å². The Hall–Kier alpha value is -0.720. The summed E-state index contributed by atoms with van der Waals surface area (Å²) in [6, 6.07) is 1.87. The van der Waals surface area contributed by atoms with Crippen molar-refractivity contribution in [2.75, 3.05) is 7.05 Å². The average Bonchev–Trinajstić information content (AvgIpc) is 2.74. The van der Waals surface area contributed by atoms with Gasteiger partial charge in [0.25, 0.3) is 0 Å². The smallest absolute Gasteiger partial charge is 0.179 e. The monoisotopic (exact) mass is 273 g/mol. The molecule has 0 saturated heterocycles. The van der Waals surface area contributed by atoms with E-state index in [0.29, 0.717) is 4.67 Å². The highest BCUT2D eigenvalue weighted by Gasteiger charge is 2.11. The molecule has 0 bridgehead atoms. The molecular formula is C8H8BrN3OS. The molecule has 0 atom stereocenters. The molecule has 74 valence electrons. The molecule has 0 saturated carbocycles. The minimum Gasteiger partial charge on any atom is -0.457 e. The summed E-state index contributed by atoms with van der Waals surface area (Å²) in [5.74, 6) is 0. The highest BCUT2D eigenvalue weighted by Crippen LogP contribution is 2.31. The summed E-state index contributed by atoms with van der Waals surface area (Å²) in [6.07, 6.45) is 1.62. The Morgan fingerprint density at radius 3 is 3.07 bits per heavy atom. The van der Waals surface area contributed by atoms with Crippen LogP contribution < -0.4 is 5.32 Å². The maximum absolute atomic E-state index is 5.13. The zero-order valence-corrected chi connectivity index (χ0v) is 9.85. The predicted molar refractivity (Wildman–Crippen MR) is 58.1 cm³/mol. The average molecular weight is 274 g/mol. The lowest BCUT2D eigenvalue weighted by Gasteiger charge is -1.89. The molecule has 6 heteroatoms. The SMILES string of the molecule is CNCc1nnc(-c2ccoc2Br)s1. The lowest BCUT2D eigenvalue weighted by Crippen LogP contribution is -2.04. The molecule has 2 rings (SSSR count). The highest BCUT2D eigenvalue weighted by atomic mass is 79.9. The molecule has 0 aliphatic carbocycles. The van der Waals surface area contributed by atoms with E-state index >= 15 is 0 Å². The van der Waals surface area contributed by atoms with E-state index in [1.165, 1.54) is 0 Å². The molecule has 2 heterocycles. The molecule has 0 aliphatic rings. The molecule has 0 radical (unpaired) electrons. The molecule has 0 unspecified atom stereocenters. The van der Waals surface area contributed by atoms with Gasteiger partial charge in [-0.25, -0.2) is 0 Å². The van der Waals surface area contributed by atoms with Gasteiger partial charge in [-0.3, -0.25) is 0 Å². The summed E-state index contributed by atoms with van der Waals surface area (Å²) in [5.41, 5.74) is 0.949. The van der Waals surface area contributed by atoms with Gasteiger partial charge in [0.1, 0.15) is 5.01 Å². The number of halogens is 1. The molecule has 2 aromatic heterocycles. The van der Waals surface area contributed by atoms with Gasteiger partial charge in [-0.05, 0) is 29.0 Å². The third-order valence-corrected chi connectivity index (χ3v) is 3.21. The Bertz CT molecular complexity index is 426. The maximum atomic E-state index is 5.13. The Balaban J connectivity index is 2.29. The normalized spacial score (nSPS) is 10.7. The minimum atomic E-state index is 0.699. The van der Waals surface area contributed by atoms with Crippen molar-refractivity contribution >= 4 is 27.3 Å². The molecule has 14 heavy (non-hydrogen) atoms. The molecule has 0 spiro atoms. The van der Waals surface area contributed by atoms with Crippen LogP contribution in [0.5, 0.6) is 0 Å². The van der Waals surface area contributed by atoms with Gasteiger partial charge in [-0.2, -0.15) is 0 Å². The molecule has 0 amide bonds. The van der Waals surface area contributed by atoms with Crippen LogP contribution in [0.15, 0.2) is 21.4 Å². The maximum Gasteiger partial charge on any atom is 0.179 e. The van der Waals surface area contributed by atoms with E-state index in [1.54, 1.807) is 17.6 Å². The van der Waals surface area contributed by atoms with Crippen LogP contribution in [0.2, 0.25) is 0 Å². The van der Waals surface area contributed by atoms with Crippen LogP contribution in [0.4, 0.5) is 0 Å². The van der Waals surface area contributed by atoms with Crippen molar-refractivity contribution in [1.29, 1.82) is 0 Å². The van der Waals surface area contributed by atoms with Crippen molar-refractivity contribution in [2.24, 2.45) is 0 Å². The van der Waals surface area contributed by atoms with E-state index in [4.69, 9.17) is 4.42 Å². The second kappa shape index (κ2) is 4.20. The van der Waals surface area contributed by atoms with Gasteiger partial charge < -0.3 is 9.73 Å². The first-order chi connectivity index (χ1) is 6.81. The van der Waals surface area contributed by atoms with E-state index in [1.807, 2.05) is 13.1 Å². The van der Waals surface area contributed by atoms with Crippen LogP contribution in [0.1, 0.15) is 5.01 Å². The van der Waals surface area contributed by atoms with Gasteiger partial charge in [0.05, 0.1) is 11.8 Å². The fourth-order valence-corrected chi connectivity index (χ4v) is 2.46. The van der Waals surface area contributed by atoms with Gasteiger partial charge in [0.15, 0.2) is 9.68 Å². The molecule has 0 aliphatic heterocycles. The number of rotatable bonds is 3. The van der Waals surface area contributed by atoms with E-state index in [9.17, 15) is 0 Å². The summed E-state index contributed by atoms with van der Waals surface area (Å²) in [4.78, 5) is 0. The van der Waals surface area contributed by atoms with E-state index in [0.717, 1.165) is 22.1 Å². The third-order valence-electron chi connectivity index (χ3n) is 1.64. The Labute approximate surface area is 93.5 Å².